The van der Waals surface area contributed by atoms with Crippen LogP contribution in [-0.2, 0) is 12.2 Å². The van der Waals surface area contributed by atoms with Gasteiger partial charge in [0.2, 0.25) is 0 Å². The molecule has 0 amide bonds. The first-order valence-electron chi connectivity index (χ1n) is 11.9. The van der Waals surface area contributed by atoms with Crippen LogP contribution >= 0.6 is 11.6 Å². The van der Waals surface area contributed by atoms with Crippen molar-refractivity contribution in [1.82, 2.24) is 4.90 Å². The van der Waals surface area contributed by atoms with Crippen LogP contribution in [-0.4, -0.2) is 36.8 Å². The second-order valence-electron chi connectivity index (χ2n) is 9.09. The zero-order valence-electron chi connectivity index (χ0n) is 19.5. The van der Waals surface area contributed by atoms with Crippen LogP contribution in [0.2, 0.25) is 5.02 Å². The Hall–Kier alpha value is -2.79. The summed E-state index contributed by atoms with van der Waals surface area (Å²) in [7, 11) is 1.69. The lowest BCUT2D eigenvalue weighted by atomic mass is 9.84. The van der Waals surface area contributed by atoms with Gasteiger partial charge >= 0.3 is 0 Å². The lowest BCUT2D eigenvalue weighted by molar-refractivity contribution is -0.0254. The molecule has 5 heteroatoms. The van der Waals surface area contributed by atoms with E-state index in [0.29, 0.717) is 11.6 Å². The van der Waals surface area contributed by atoms with Gasteiger partial charge in [-0.25, -0.2) is 0 Å². The van der Waals surface area contributed by atoms with Gasteiger partial charge in [0.1, 0.15) is 18.1 Å². The molecule has 2 aliphatic rings. The molecule has 0 spiro atoms. The molecule has 0 aromatic heterocycles. The first-order chi connectivity index (χ1) is 16.6. The highest BCUT2D eigenvalue weighted by Crippen LogP contribution is 2.39. The van der Waals surface area contributed by atoms with Crippen molar-refractivity contribution in [2.75, 3.05) is 26.7 Å². The van der Waals surface area contributed by atoms with Crippen molar-refractivity contribution in [3.63, 3.8) is 0 Å². The normalized spacial score (nSPS) is 18.5. The van der Waals surface area contributed by atoms with Gasteiger partial charge < -0.3 is 19.5 Å². The monoisotopic (exact) mass is 475 g/mol. The fraction of sp³-hybridized carbons (Fsp3) is 0.310. The fourth-order valence-electron chi connectivity index (χ4n) is 4.99. The topological polar surface area (TPSA) is 41.9 Å². The summed E-state index contributed by atoms with van der Waals surface area (Å²) >= 11 is 6.02. The maximum absolute atomic E-state index is 11.2. The number of likely N-dealkylation sites (tertiary alicyclic amines) is 1. The van der Waals surface area contributed by atoms with E-state index < -0.39 is 5.60 Å². The molecule has 0 saturated carbocycles. The number of hydrogen-bond acceptors (Lipinski definition) is 4. The van der Waals surface area contributed by atoms with Crippen molar-refractivity contribution < 1.29 is 14.6 Å². The largest absolute Gasteiger partial charge is 0.497 e. The van der Waals surface area contributed by atoms with Crippen molar-refractivity contribution in [1.29, 1.82) is 0 Å². The van der Waals surface area contributed by atoms with Crippen molar-refractivity contribution in [3.05, 3.63) is 100 Å². The molecule has 3 aromatic rings. The van der Waals surface area contributed by atoms with Gasteiger partial charge in [0, 0.05) is 30.2 Å². The molecule has 0 unspecified atom stereocenters. The number of hydrogen-bond donors (Lipinski definition) is 1. The number of halogens is 1. The summed E-state index contributed by atoms with van der Waals surface area (Å²) in [5.41, 5.74) is 4.85. The van der Waals surface area contributed by atoms with E-state index in [0.717, 1.165) is 61.5 Å². The molecule has 2 heterocycles. The minimum atomic E-state index is -0.771. The summed E-state index contributed by atoms with van der Waals surface area (Å²) in [6, 6.07) is 22.1. The molecule has 1 saturated heterocycles. The van der Waals surface area contributed by atoms with Gasteiger partial charge in [-0.1, -0.05) is 54.1 Å². The Balaban J connectivity index is 1.31. The van der Waals surface area contributed by atoms with E-state index in [-0.39, 0.29) is 0 Å². The number of rotatable bonds is 5. The molecule has 0 atom stereocenters. The molecule has 5 rings (SSSR count). The minimum Gasteiger partial charge on any atom is -0.497 e. The summed E-state index contributed by atoms with van der Waals surface area (Å²) in [4.78, 5) is 2.44. The summed E-state index contributed by atoms with van der Waals surface area (Å²) in [6.45, 7) is 3.24. The van der Waals surface area contributed by atoms with E-state index in [4.69, 9.17) is 21.1 Å². The maximum atomic E-state index is 11.2. The van der Waals surface area contributed by atoms with Crippen LogP contribution in [0, 0.1) is 0 Å². The number of methoxy groups -OCH3 is 1. The van der Waals surface area contributed by atoms with E-state index in [1.54, 1.807) is 7.11 Å². The van der Waals surface area contributed by atoms with E-state index in [9.17, 15) is 5.11 Å². The van der Waals surface area contributed by atoms with E-state index in [1.807, 2.05) is 36.4 Å². The third kappa shape index (κ3) is 4.72. The smallest absolute Gasteiger partial charge is 0.127 e. The molecular weight excluding hydrogens is 446 g/mol. The number of fused-ring (bicyclic) bond motifs is 2. The highest BCUT2D eigenvalue weighted by molar-refractivity contribution is 6.30. The number of nitrogens with zero attached hydrogens (tertiary/aromatic N) is 1. The Morgan fingerprint density at radius 1 is 1.03 bits per heavy atom. The predicted octanol–water partition coefficient (Wildman–Crippen LogP) is 6.05. The molecule has 34 heavy (non-hydrogen) atoms. The number of ether oxygens (including phenoxy) is 2. The zero-order chi connectivity index (χ0) is 23.5. The molecule has 0 radical (unpaired) electrons. The Bertz CT molecular complexity index is 1180. The van der Waals surface area contributed by atoms with Gasteiger partial charge in [-0.15, -0.1) is 0 Å². The average Bonchev–Trinajstić information content (AvgIpc) is 3.02. The SMILES string of the molecule is COc1ccc2c(c1)C(=CCCN1CCC(O)(c3ccc(Cl)cc3)CC1)c1ccccc1CO2. The molecule has 3 aromatic carbocycles. The van der Waals surface area contributed by atoms with Gasteiger partial charge in [0.15, 0.2) is 0 Å². The molecule has 1 fully saturated rings. The van der Waals surface area contributed by atoms with Crippen LogP contribution in [0.1, 0.15) is 41.5 Å². The van der Waals surface area contributed by atoms with Crippen LogP contribution in [0.4, 0.5) is 0 Å². The standard InChI is InChI=1S/C29H30ClNO3/c1-33-24-12-13-28-27(19-24)26(25-6-3-2-5-21(25)20-34-28)7-4-16-31-17-14-29(32,15-18-31)22-8-10-23(30)11-9-22/h2-3,5-13,19,32H,4,14-18,20H2,1H3. The molecule has 0 bridgehead atoms. The lowest BCUT2D eigenvalue weighted by Gasteiger charge is -2.38. The van der Waals surface area contributed by atoms with Gasteiger partial charge in [-0.3, -0.25) is 0 Å². The van der Waals surface area contributed by atoms with E-state index >= 15 is 0 Å². The Morgan fingerprint density at radius 3 is 2.56 bits per heavy atom. The maximum Gasteiger partial charge on any atom is 0.127 e. The lowest BCUT2D eigenvalue weighted by Crippen LogP contribution is -2.42. The minimum absolute atomic E-state index is 0.558. The molecule has 2 aliphatic heterocycles. The summed E-state index contributed by atoms with van der Waals surface area (Å²) in [6.07, 6.45) is 4.69. The second-order valence-corrected chi connectivity index (χ2v) is 9.53. The molecule has 176 valence electrons. The van der Waals surface area contributed by atoms with Crippen molar-refractivity contribution in [2.24, 2.45) is 0 Å². The third-order valence-corrected chi connectivity index (χ3v) is 7.28. The summed E-state index contributed by atoms with van der Waals surface area (Å²) < 4.78 is 11.6. The van der Waals surface area contributed by atoms with Gasteiger partial charge in [-0.05, 0) is 71.9 Å². The molecule has 0 aliphatic carbocycles. The third-order valence-electron chi connectivity index (χ3n) is 7.03. The van der Waals surface area contributed by atoms with Gasteiger partial charge in [0.25, 0.3) is 0 Å². The van der Waals surface area contributed by atoms with Gasteiger partial charge in [0.05, 0.1) is 12.7 Å². The summed E-state index contributed by atoms with van der Waals surface area (Å²) in [5, 5.41) is 11.9. The second kappa shape index (κ2) is 9.83. The number of piperidine rings is 1. The number of benzene rings is 3. The predicted molar refractivity (Wildman–Crippen MR) is 136 cm³/mol. The van der Waals surface area contributed by atoms with Crippen molar-refractivity contribution in [2.45, 2.75) is 31.5 Å². The van der Waals surface area contributed by atoms with Gasteiger partial charge in [-0.2, -0.15) is 0 Å². The molecule has 1 N–H and O–H groups in total. The molecule has 4 nitrogen and oxygen atoms in total. The summed E-state index contributed by atoms with van der Waals surface area (Å²) in [5.74, 6) is 1.71. The zero-order valence-corrected chi connectivity index (χ0v) is 20.2. The Kier molecular flexibility index (Phi) is 6.64. The first-order valence-corrected chi connectivity index (χ1v) is 12.2. The van der Waals surface area contributed by atoms with E-state index in [1.165, 1.54) is 16.7 Å². The number of aliphatic hydroxyl groups is 1. The Labute approximate surface area is 206 Å². The van der Waals surface area contributed by atoms with Crippen molar-refractivity contribution in [3.8, 4) is 11.5 Å². The fourth-order valence-corrected chi connectivity index (χ4v) is 5.11. The van der Waals surface area contributed by atoms with Crippen LogP contribution in [0.15, 0.2) is 72.8 Å². The quantitative estimate of drug-likeness (QED) is 0.488. The average molecular weight is 476 g/mol. The highest BCUT2D eigenvalue weighted by atomic mass is 35.5. The first kappa shape index (κ1) is 23.0. The molecular formula is C29H30ClNO3. The van der Waals surface area contributed by atoms with Crippen LogP contribution in [0.3, 0.4) is 0 Å². The van der Waals surface area contributed by atoms with Crippen LogP contribution in [0.25, 0.3) is 5.57 Å². The van der Waals surface area contributed by atoms with Crippen LogP contribution < -0.4 is 9.47 Å². The van der Waals surface area contributed by atoms with E-state index in [2.05, 4.69) is 41.3 Å². The van der Waals surface area contributed by atoms with Crippen LogP contribution in [0.5, 0.6) is 11.5 Å². The highest BCUT2D eigenvalue weighted by Gasteiger charge is 2.33. The Morgan fingerprint density at radius 2 is 1.79 bits per heavy atom. The van der Waals surface area contributed by atoms with Crippen molar-refractivity contribution >= 4 is 17.2 Å².